The second kappa shape index (κ2) is 4.67. The van der Waals surface area contributed by atoms with Gasteiger partial charge < -0.3 is 10.3 Å². The first kappa shape index (κ1) is 13.6. The van der Waals surface area contributed by atoms with Crippen LogP contribution in [0.5, 0.6) is 0 Å². The number of rotatable bonds is 2. The number of aromatic nitrogens is 1. The van der Waals surface area contributed by atoms with Gasteiger partial charge in [0.25, 0.3) is 0 Å². The van der Waals surface area contributed by atoms with Crippen LogP contribution in [0.25, 0.3) is 5.69 Å². The van der Waals surface area contributed by atoms with Crippen molar-refractivity contribution < 1.29 is 0 Å². The predicted molar refractivity (Wildman–Crippen MR) is 78.7 cm³/mol. The Labute approximate surface area is 113 Å². The van der Waals surface area contributed by atoms with E-state index < -0.39 is 5.54 Å². The van der Waals surface area contributed by atoms with Gasteiger partial charge in [-0.15, -0.1) is 0 Å². The van der Waals surface area contributed by atoms with Gasteiger partial charge in [0.05, 0.1) is 0 Å². The minimum atomic E-state index is -0.642. The largest absolute Gasteiger partial charge is 0.322 e. The smallest absolute Gasteiger partial charge is 0.186 e. The first-order chi connectivity index (χ1) is 8.79. The summed E-state index contributed by atoms with van der Waals surface area (Å²) in [5, 5.41) is 0. The van der Waals surface area contributed by atoms with Crippen molar-refractivity contribution in [2.75, 3.05) is 0 Å². The number of nitrogens with zero attached hydrogens (tertiary/aromatic N) is 1. The third kappa shape index (κ3) is 2.76. The minimum absolute atomic E-state index is 0.00615. The van der Waals surface area contributed by atoms with Gasteiger partial charge in [-0.1, -0.05) is 17.7 Å². The monoisotopic (exact) mass is 256 g/mol. The zero-order valence-corrected chi connectivity index (χ0v) is 11.9. The highest BCUT2D eigenvalue weighted by atomic mass is 16.1. The summed E-state index contributed by atoms with van der Waals surface area (Å²) in [4.78, 5) is 12.0. The van der Waals surface area contributed by atoms with Crippen molar-refractivity contribution >= 4 is 0 Å². The molecular weight excluding hydrogens is 236 g/mol. The van der Waals surface area contributed by atoms with Crippen molar-refractivity contribution in [1.82, 2.24) is 4.57 Å². The van der Waals surface area contributed by atoms with Crippen LogP contribution < -0.4 is 11.2 Å². The van der Waals surface area contributed by atoms with E-state index in [0.717, 1.165) is 11.4 Å². The second-order valence-corrected chi connectivity index (χ2v) is 5.62. The number of hydrogen-bond acceptors (Lipinski definition) is 2. The highest BCUT2D eigenvalue weighted by Gasteiger charge is 2.19. The summed E-state index contributed by atoms with van der Waals surface area (Å²) in [6.45, 7) is 7.67. The molecule has 2 rings (SSSR count). The SMILES string of the molecule is Cc1ccc(-n2cc(C(C)(C)N)c(=O)cc2C)cc1. The molecule has 3 heteroatoms. The minimum Gasteiger partial charge on any atom is -0.322 e. The van der Waals surface area contributed by atoms with E-state index in [0.29, 0.717) is 5.56 Å². The molecule has 0 aliphatic rings. The van der Waals surface area contributed by atoms with Crippen LogP contribution in [-0.4, -0.2) is 4.57 Å². The Bertz CT molecular complexity index is 646. The van der Waals surface area contributed by atoms with Crippen LogP contribution in [-0.2, 0) is 5.54 Å². The van der Waals surface area contributed by atoms with E-state index in [1.165, 1.54) is 5.56 Å². The topological polar surface area (TPSA) is 48.0 Å². The molecule has 0 saturated carbocycles. The molecule has 0 aliphatic carbocycles. The molecule has 0 saturated heterocycles. The molecule has 0 bridgehead atoms. The van der Waals surface area contributed by atoms with Crippen molar-refractivity contribution in [3.8, 4) is 5.69 Å². The van der Waals surface area contributed by atoms with Crippen LogP contribution in [0.3, 0.4) is 0 Å². The summed E-state index contributed by atoms with van der Waals surface area (Å²) in [5.41, 5.74) is 9.19. The molecule has 0 amide bonds. The lowest BCUT2D eigenvalue weighted by molar-refractivity contribution is 0.544. The Morgan fingerprint density at radius 1 is 1.11 bits per heavy atom. The Morgan fingerprint density at radius 3 is 2.21 bits per heavy atom. The average Bonchev–Trinajstić information content (AvgIpc) is 2.29. The maximum atomic E-state index is 12.0. The zero-order chi connectivity index (χ0) is 14.2. The van der Waals surface area contributed by atoms with Gasteiger partial charge in [0.1, 0.15) is 0 Å². The van der Waals surface area contributed by atoms with E-state index in [4.69, 9.17) is 5.73 Å². The van der Waals surface area contributed by atoms with E-state index in [2.05, 4.69) is 19.1 Å². The maximum Gasteiger partial charge on any atom is 0.186 e. The highest BCUT2D eigenvalue weighted by Crippen LogP contribution is 2.17. The van der Waals surface area contributed by atoms with Gasteiger partial charge in [0, 0.05) is 34.7 Å². The molecule has 0 unspecified atom stereocenters. The third-order valence-electron chi connectivity index (χ3n) is 3.25. The molecule has 1 aromatic heterocycles. The quantitative estimate of drug-likeness (QED) is 0.898. The Hall–Kier alpha value is -1.87. The molecule has 0 aliphatic heterocycles. The molecule has 0 atom stereocenters. The van der Waals surface area contributed by atoms with E-state index >= 15 is 0 Å². The second-order valence-electron chi connectivity index (χ2n) is 5.62. The van der Waals surface area contributed by atoms with Crippen molar-refractivity contribution in [3.63, 3.8) is 0 Å². The van der Waals surface area contributed by atoms with Gasteiger partial charge in [0.15, 0.2) is 5.43 Å². The molecule has 1 aromatic carbocycles. The predicted octanol–water partition coefficient (Wildman–Crippen LogP) is 2.65. The molecule has 2 N–H and O–H groups in total. The van der Waals surface area contributed by atoms with E-state index in [-0.39, 0.29) is 5.43 Å². The Morgan fingerprint density at radius 2 is 1.68 bits per heavy atom. The highest BCUT2D eigenvalue weighted by molar-refractivity contribution is 5.38. The first-order valence-electron chi connectivity index (χ1n) is 6.39. The molecular formula is C16H20N2O. The number of benzene rings is 1. The molecule has 19 heavy (non-hydrogen) atoms. The van der Waals surface area contributed by atoms with Gasteiger partial charge in [-0.05, 0) is 39.8 Å². The maximum absolute atomic E-state index is 12.0. The van der Waals surface area contributed by atoms with Crippen molar-refractivity contribution in [2.45, 2.75) is 33.2 Å². The fourth-order valence-electron chi connectivity index (χ4n) is 2.10. The van der Waals surface area contributed by atoms with Crippen molar-refractivity contribution in [3.05, 3.63) is 63.6 Å². The number of aryl methyl sites for hydroxylation is 2. The molecule has 1 heterocycles. The molecule has 0 radical (unpaired) electrons. The van der Waals surface area contributed by atoms with Gasteiger partial charge in [-0.2, -0.15) is 0 Å². The molecule has 0 spiro atoms. The van der Waals surface area contributed by atoms with Crippen LogP contribution in [0.15, 0.2) is 41.3 Å². The lowest BCUT2D eigenvalue weighted by Crippen LogP contribution is -2.35. The zero-order valence-electron chi connectivity index (χ0n) is 11.9. The standard InChI is InChI=1S/C16H20N2O/c1-11-5-7-13(8-6-11)18-10-14(16(3,4)17)15(19)9-12(18)2/h5-10H,17H2,1-4H3. The van der Waals surface area contributed by atoms with Crippen LogP contribution in [0.1, 0.15) is 30.7 Å². The fourth-order valence-corrected chi connectivity index (χ4v) is 2.10. The van der Waals surface area contributed by atoms with E-state index in [9.17, 15) is 4.79 Å². The van der Waals surface area contributed by atoms with Crippen LogP contribution in [0, 0.1) is 13.8 Å². The average molecular weight is 256 g/mol. The number of pyridine rings is 1. The lowest BCUT2D eigenvalue weighted by Gasteiger charge is -2.21. The van der Waals surface area contributed by atoms with Gasteiger partial charge in [-0.25, -0.2) is 0 Å². The fraction of sp³-hybridized carbons (Fsp3) is 0.312. The molecule has 0 fully saturated rings. The van der Waals surface area contributed by atoms with Crippen LogP contribution >= 0.6 is 0 Å². The summed E-state index contributed by atoms with van der Waals surface area (Å²) in [6.07, 6.45) is 1.85. The van der Waals surface area contributed by atoms with Crippen molar-refractivity contribution in [1.29, 1.82) is 0 Å². The summed E-state index contributed by atoms with van der Waals surface area (Å²) < 4.78 is 2.00. The third-order valence-corrected chi connectivity index (χ3v) is 3.25. The van der Waals surface area contributed by atoms with Crippen molar-refractivity contribution in [2.24, 2.45) is 5.73 Å². The van der Waals surface area contributed by atoms with Gasteiger partial charge in [0.2, 0.25) is 0 Å². The first-order valence-corrected chi connectivity index (χ1v) is 6.39. The van der Waals surface area contributed by atoms with Crippen LogP contribution in [0.2, 0.25) is 0 Å². The Balaban J connectivity index is 2.64. The van der Waals surface area contributed by atoms with E-state index in [1.54, 1.807) is 6.07 Å². The number of hydrogen-bond donors (Lipinski definition) is 1. The van der Waals surface area contributed by atoms with Gasteiger partial charge >= 0.3 is 0 Å². The molecule has 3 nitrogen and oxygen atoms in total. The van der Waals surface area contributed by atoms with Gasteiger partial charge in [-0.3, -0.25) is 4.79 Å². The van der Waals surface area contributed by atoms with Crippen LogP contribution in [0.4, 0.5) is 0 Å². The normalized spacial score (nSPS) is 11.6. The molecule has 100 valence electrons. The van der Waals surface area contributed by atoms with E-state index in [1.807, 2.05) is 43.7 Å². The molecule has 2 aromatic rings. The lowest BCUT2D eigenvalue weighted by atomic mass is 9.96. The summed E-state index contributed by atoms with van der Waals surface area (Å²) in [5.74, 6) is 0. The summed E-state index contributed by atoms with van der Waals surface area (Å²) in [7, 11) is 0. The number of nitrogens with two attached hydrogens (primary N) is 1. The summed E-state index contributed by atoms with van der Waals surface area (Å²) >= 11 is 0. The summed E-state index contributed by atoms with van der Waals surface area (Å²) in [6, 6.07) is 9.84. The Kier molecular flexibility index (Phi) is 3.33.